The Morgan fingerprint density at radius 3 is 2.44 bits per heavy atom. The predicted octanol–water partition coefficient (Wildman–Crippen LogP) is 2.32. The van der Waals surface area contributed by atoms with Crippen molar-refractivity contribution < 1.29 is 9.53 Å². The zero-order valence-electron chi connectivity index (χ0n) is 11.6. The maximum atomic E-state index is 12.4. The SMILES string of the molecule is CC(C)n1ccc(C(=O)N2C[C@@H](C)O[C@@H](C)C2)c1. The minimum absolute atomic E-state index is 0.108. The molecule has 1 aromatic heterocycles. The minimum atomic E-state index is 0.108. The molecule has 2 atom stereocenters. The van der Waals surface area contributed by atoms with E-state index >= 15 is 0 Å². The molecule has 4 heteroatoms. The fourth-order valence-electron chi connectivity index (χ4n) is 2.39. The van der Waals surface area contributed by atoms with Gasteiger partial charge in [0, 0.05) is 31.5 Å². The molecular weight excluding hydrogens is 228 g/mol. The molecule has 0 bridgehead atoms. The van der Waals surface area contributed by atoms with E-state index in [9.17, 15) is 4.79 Å². The van der Waals surface area contributed by atoms with Gasteiger partial charge in [-0.1, -0.05) is 0 Å². The Balaban J connectivity index is 2.10. The molecule has 1 aliphatic heterocycles. The van der Waals surface area contributed by atoms with Crippen molar-refractivity contribution in [2.24, 2.45) is 0 Å². The van der Waals surface area contributed by atoms with Gasteiger partial charge in [0.25, 0.3) is 5.91 Å². The van der Waals surface area contributed by atoms with E-state index < -0.39 is 0 Å². The number of carbonyl (C=O) groups excluding carboxylic acids is 1. The van der Waals surface area contributed by atoms with Gasteiger partial charge in [-0.05, 0) is 33.8 Å². The number of morpholine rings is 1. The second-order valence-corrected chi connectivity index (χ2v) is 5.41. The zero-order valence-corrected chi connectivity index (χ0v) is 11.6. The molecule has 0 spiro atoms. The normalized spacial score (nSPS) is 24.6. The lowest BCUT2D eigenvalue weighted by Gasteiger charge is -2.35. The topological polar surface area (TPSA) is 34.5 Å². The van der Waals surface area contributed by atoms with Crippen molar-refractivity contribution in [2.45, 2.75) is 45.9 Å². The molecule has 1 saturated heterocycles. The lowest BCUT2D eigenvalue weighted by molar-refractivity contribution is -0.0586. The van der Waals surface area contributed by atoms with Crippen LogP contribution in [0.1, 0.15) is 44.1 Å². The molecule has 1 aromatic rings. The number of hydrogen-bond donors (Lipinski definition) is 0. The van der Waals surface area contributed by atoms with Gasteiger partial charge in [0.2, 0.25) is 0 Å². The number of nitrogens with zero attached hydrogens (tertiary/aromatic N) is 2. The Morgan fingerprint density at radius 2 is 1.94 bits per heavy atom. The third-order valence-electron chi connectivity index (χ3n) is 3.26. The summed E-state index contributed by atoms with van der Waals surface area (Å²) in [6.45, 7) is 9.58. The van der Waals surface area contributed by atoms with Crippen LogP contribution in [0.2, 0.25) is 0 Å². The van der Waals surface area contributed by atoms with Gasteiger partial charge in [0.05, 0.1) is 17.8 Å². The number of carbonyl (C=O) groups is 1. The minimum Gasteiger partial charge on any atom is -0.372 e. The van der Waals surface area contributed by atoms with Gasteiger partial charge in [-0.3, -0.25) is 4.79 Å². The van der Waals surface area contributed by atoms with Crippen molar-refractivity contribution in [3.8, 4) is 0 Å². The van der Waals surface area contributed by atoms with Gasteiger partial charge in [0.1, 0.15) is 0 Å². The number of amides is 1. The summed E-state index contributed by atoms with van der Waals surface area (Å²) in [6, 6.07) is 2.28. The van der Waals surface area contributed by atoms with Crippen molar-refractivity contribution >= 4 is 5.91 Å². The average molecular weight is 250 g/mol. The zero-order chi connectivity index (χ0) is 13.3. The summed E-state index contributed by atoms with van der Waals surface area (Å²) in [5.74, 6) is 0.108. The van der Waals surface area contributed by atoms with Crippen LogP contribution in [0.4, 0.5) is 0 Å². The van der Waals surface area contributed by atoms with Crippen LogP contribution in [0.15, 0.2) is 18.5 Å². The highest BCUT2D eigenvalue weighted by Gasteiger charge is 2.26. The number of aromatic nitrogens is 1. The van der Waals surface area contributed by atoms with Crippen molar-refractivity contribution in [1.82, 2.24) is 9.47 Å². The Bertz CT molecular complexity index is 415. The number of rotatable bonds is 2. The van der Waals surface area contributed by atoms with Crippen molar-refractivity contribution in [3.63, 3.8) is 0 Å². The maximum absolute atomic E-state index is 12.4. The van der Waals surface area contributed by atoms with Gasteiger partial charge in [-0.15, -0.1) is 0 Å². The fourth-order valence-corrected chi connectivity index (χ4v) is 2.39. The highest BCUT2D eigenvalue weighted by atomic mass is 16.5. The van der Waals surface area contributed by atoms with Gasteiger partial charge in [0.15, 0.2) is 0 Å². The lowest BCUT2D eigenvalue weighted by atomic mass is 10.2. The van der Waals surface area contributed by atoms with Crippen LogP contribution in [0.25, 0.3) is 0 Å². The molecule has 18 heavy (non-hydrogen) atoms. The van der Waals surface area contributed by atoms with Gasteiger partial charge in [-0.2, -0.15) is 0 Å². The summed E-state index contributed by atoms with van der Waals surface area (Å²) < 4.78 is 7.70. The highest BCUT2D eigenvalue weighted by molar-refractivity contribution is 5.94. The summed E-state index contributed by atoms with van der Waals surface area (Å²) in [5.41, 5.74) is 0.769. The van der Waals surface area contributed by atoms with Crippen molar-refractivity contribution in [3.05, 3.63) is 24.0 Å². The molecule has 0 aromatic carbocycles. The van der Waals surface area contributed by atoms with Crippen molar-refractivity contribution in [2.75, 3.05) is 13.1 Å². The smallest absolute Gasteiger partial charge is 0.255 e. The highest BCUT2D eigenvalue weighted by Crippen LogP contribution is 2.16. The van der Waals surface area contributed by atoms with Crippen LogP contribution in [0.3, 0.4) is 0 Å². The van der Waals surface area contributed by atoms with Gasteiger partial charge >= 0.3 is 0 Å². The standard InChI is InChI=1S/C14H22N2O2/c1-10(2)15-6-5-13(9-15)14(17)16-7-11(3)18-12(4)8-16/h5-6,9-12H,7-8H2,1-4H3/t11-,12+. The number of ether oxygens (including phenoxy) is 1. The quantitative estimate of drug-likeness (QED) is 0.807. The second-order valence-electron chi connectivity index (χ2n) is 5.41. The fraction of sp³-hybridized carbons (Fsp3) is 0.643. The van der Waals surface area contributed by atoms with E-state index in [2.05, 4.69) is 18.4 Å². The molecule has 0 saturated carbocycles. The first-order valence-electron chi connectivity index (χ1n) is 6.59. The Morgan fingerprint density at radius 1 is 1.33 bits per heavy atom. The Kier molecular flexibility index (Phi) is 3.76. The molecule has 2 rings (SSSR count). The second kappa shape index (κ2) is 5.14. The van der Waals surface area contributed by atoms with Crippen LogP contribution in [-0.2, 0) is 4.74 Å². The van der Waals surface area contributed by atoms with E-state index in [1.807, 2.05) is 37.2 Å². The van der Waals surface area contributed by atoms with Crippen LogP contribution >= 0.6 is 0 Å². The molecule has 4 nitrogen and oxygen atoms in total. The largest absolute Gasteiger partial charge is 0.372 e. The first-order chi connectivity index (χ1) is 8.47. The van der Waals surface area contributed by atoms with Crippen LogP contribution < -0.4 is 0 Å². The van der Waals surface area contributed by atoms with E-state index in [-0.39, 0.29) is 18.1 Å². The molecule has 1 amide bonds. The van der Waals surface area contributed by atoms with E-state index in [1.165, 1.54) is 0 Å². The molecule has 0 N–H and O–H groups in total. The summed E-state index contributed by atoms with van der Waals surface area (Å²) in [7, 11) is 0. The number of hydrogen-bond acceptors (Lipinski definition) is 2. The molecule has 0 unspecified atom stereocenters. The molecular formula is C14H22N2O2. The monoisotopic (exact) mass is 250 g/mol. The predicted molar refractivity (Wildman–Crippen MR) is 70.7 cm³/mol. The average Bonchev–Trinajstić information content (AvgIpc) is 2.75. The van der Waals surface area contributed by atoms with Crippen LogP contribution in [-0.4, -0.2) is 40.7 Å². The van der Waals surface area contributed by atoms with E-state index in [4.69, 9.17) is 4.74 Å². The third kappa shape index (κ3) is 2.75. The molecule has 0 radical (unpaired) electrons. The summed E-state index contributed by atoms with van der Waals surface area (Å²) >= 11 is 0. The van der Waals surface area contributed by atoms with Crippen LogP contribution in [0, 0.1) is 0 Å². The Labute approximate surface area is 109 Å². The molecule has 0 aliphatic carbocycles. The molecule has 100 valence electrons. The van der Waals surface area contributed by atoms with E-state index in [0.717, 1.165) is 5.56 Å². The van der Waals surface area contributed by atoms with Gasteiger partial charge in [-0.25, -0.2) is 0 Å². The molecule has 1 fully saturated rings. The van der Waals surface area contributed by atoms with E-state index in [0.29, 0.717) is 19.1 Å². The summed E-state index contributed by atoms with van der Waals surface area (Å²) in [4.78, 5) is 14.3. The van der Waals surface area contributed by atoms with Gasteiger partial charge < -0.3 is 14.2 Å². The Hall–Kier alpha value is -1.29. The summed E-state index contributed by atoms with van der Waals surface area (Å²) in [5, 5.41) is 0. The van der Waals surface area contributed by atoms with Crippen molar-refractivity contribution in [1.29, 1.82) is 0 Å². The summed E-state index contributed by atoms with van der Waals surface area (Å²) in [6.07, 6.45) is 4.12. The molecule has 1 aliphatic rings. The first kappa shape index (κ1) is 13.1. The third-order valence-corrected chi connectivity index (χ3v) is 3.26. The maximum Gasteiger partial charge on any atom is 0.255 e. The lowest BCUT2D eigenvalue weighted by Crippen LogP contribution is -2.48. The van der Waals surface area contributed by atoms with Crippen LogP contribution in [0.5, 0.6) is 0 Å². The molecule has 2 heterocycles. The van der Waals surface area contributed by atoms with E-state index in [1.54, 1.807) is 0 Å². The first-order valence-corrected chi connectivity index (χ1v) is 6.59.